The van der Waals surface area contributed by atoms with Gasteiger partial charge in [-0.05, 0) is 25.1 Å². The normalized spacial score (nSPS) is 23.9. The minimum Gasteiger partial charge on any atom is -0.312 e. The zero-order chi connectivity index (χ0) is 15.2. The smallest absolute Gasteiger partial charge is 0.312 e. The van der Waals surface area contributed by atoms with E-state index in [1.807, 2.05) is 5.32 Å². The van der Waals surface area contributed by atoms with Gasteiger partial charge in [-0.3, -0.25) is 14.9 Å². The molecule has 1 aromatic rings. The van der Waals surface area contributed by atoms with Gasteiger partial charge in [0, 0.05) is 12.1 Å². The van der Waals surface area contributed by atoms with Crippen molar-refractivity contribution in [1.29, 1.82) is 0 Å². The molecule has 2 N–H and O–H groups in total. The number of urea groups is 1. The third-order valence-electron chi connectivity index (χ3n) is 3.61. The van der Waals surface area contributed by atoms with Crippen LogP contribution in [0.15, 0.2) is 30.4 Å². The number of carbonyl (C=O) groups excluding carboxylic acids is 3. The Hall–Kier alpha value is -2.70. The summed E-state index contributed by atoms with van der Waals surface area (Å²) in [7, 11) is 0. The highest BCUT2D eigenvalue weighted by Gasteiger charge is 2.61. The van der Waals surface area contributed by atoms with Crippen molar-refractivity contribution in [1.82, 2.24) is 10.6 Å². The molecule has 2 aliphatic heterocycles. The van der Waals surface area contributed by atoms with Crippen molar-refractivity contribution >= 4 is 23.5 Å². The Morgan fingerprint density at radius 1 is 1.33 bits per heavy atom. The largest absolute Gasteiger partial charge is 0.323 e. The first-order valence-corrected chi connectivity index (χ1v) is 6.37. The summed E-state index contributed by atoms with van der Waals surface area (Å²) in [6, 6.07) is 2.98. The van der Waals surface area contributed by atoms with Crippen LogP contribution in [0.25, 0.3) is 0 Å². The summed E-state index contributed by atoms with van der Waals surface area (Å²) in [4.78, 5) is 37.6. The number of fused-ring (bicyclic) bond motifs is 2. The SMILES string of the molecule is C/C=C/CN1C(=O)C2(NC(=O)NC2=O)c2cc(F)ccc21. The summed E-state index contributed by atoms with van der Waals surface area (Å²) >= 11 is 0. The predicted octanol–water partition coefficient (Wildman–Crippen LogP) is 0.783. The number of allylic oxidation sites excluding steroid dienone is 1. The predicted molar refractivity (Wildman–Crippen MR) is 71.9 cm³/mol. The molecule has 1 spiro atoms. The van der Waals surface area contributed by atoms with Gasteiger partial charge in [0.25, 0.3) is 11.8 Å². The molecule has 1 fully saturated rings. The minimum absolute atomic E-state index is 0.153. The molecular weight excluding hydrogens is 277 g/mol. The van der Waals surface area contributed by atoms with E-state index in [2.05, 4.69) is 5.32 Å². The minimum atomic E-state index is -1.86. The number of nitrogens with zero attached hydrogens (tertiary/aromatic N) is 1. The van der Waals surface area contributed by atoms with Gasteiger partial charge >= 0.3 is 6.03 Å². The summed E-state index contributed by atoms with van der Waals surface area (Å²) in [5.74, 6) is -1.96. The Morgan fingerprint density at radius 2 is 2.10 bits per heavy atom. The number of nitrogens with one attached hydrogen (secondary N) is 2. The summed E-state index contributed by atoms with van der Waals surface area (Å²) < 4.78 is 13.5. The number of halogens is 1. The molecule has 0 saturated carbocycles. The number of imide groups is 1. The first-order chi connectivity index (χ1) is 10.0. The topological polar surface area (TPSA) is 78.5 Å². The van der Waals surface area contributed by atoms with Crippen LogP contribution < -0.4 is 15.5 Å². The molecule has 7 heteroatoms. The van der Waals surface area contributed by atoms with Crippen LogP contribution in [0.3, 0.4) is 0 Å². The molecular formula is C14H12FN3O3. The molecule has 21 heavy (non-hydrogen) atoms. The van der Waals surface area contributed by atoms with E-state index in [0.29, 0.717) is 5.69 Å². The van der Waals surface area contributed by atoms with Crippen LogP contribution in [0.1, 0.15) is 12.5 Å². The van der Waals surface area contributed by atoms with Crippen molar-refractivity contribution in [2.75, 3.05) is 11.4 Å². The van der Waals surface area contributed by atoms with Crippen LogP contribution in [-0.2, 0) is 15.1 Å². The molecule has 1 atom stereocenters. The van der Waals surface area contributed by atoms with Crippen molar-refractivity contribution in [3.63, 3.8) is 0 Å². The van der Waals surface area contributed by atoms with Crippen LogP contribution in [0.2, 0.25) is 0 Å². The van der Waals surface area contributed by atoms with E-state index in [4.69, 9.17) is 0 Å². The van der Waals surface area contributed by atoms with Crippen molar-refractivity contribution in [3.05, 3.63) is 41.7 Å². The molecule has 6 nitrogen and oxygen atoms in total. The zero-order valence-electron chi connectivity index (χ0n) is 11.1. The molecule has 0 radical (unpaired) electrons. The van der Waals surface area contributed by atoms with Gasteiger partial charge in [-0.25, -0.2) is 9.18 Å². The number of hydrogen-bond acceptors (Lipinski definition) is 3. The Kier molecular flexibility index (Phi) is 2.79. The molecule has 0 aliphatic carbocycles. The second-order valence-electron chi connectivity index (χ2n) is 4.80. The molecule has 4 amide bonds. The Morgan fingerprint density at radius 3 is 2.71 bits per heavy atom. The van der Waals surface area contributed by atoms with Crippen molar-refractivity contribution in [2.24, 2.45) is 0 Å². The van der Waals surface area contributed by atoms with Crippen molar-refractivity contribution in [2.45, 2.75) is 12.5 Å². The van der Waals surface area contributed by atoms with Gasteiger partial charge in [0.1, 0.15) is 5.82 Å². The quantitative estimate of drug-likeness (QED) is 0.480. The van der Waals surface area contributed by atoms with Gasteiger partial charge in [0.05, 0.1) is 5.69 Å². The highest BCUT2D eigenvalue weighted by molar-refractivity contribution is 6.27. The van der Waals surface area contributed by atoms with Crippen molar-refractivity contribution in [3.8, 4) is 0 Å². The van der Waals surface area contributed by atoms with E-state index in [9.17, 15) is 18.8 Å². The molecule has 2 heterocycles. The van der Waals surface area contributed by atoms with E-state index >= 15 is 0 Å². The first-order valence-electron chi connectivity index (χ1n) is 6.37. The van der Waals surface area contributed by atoms with E-state index in [0.717, 1.165) is 6.07 Å². The molecule has 1 saturated heterocycles. The van der Waals surface area contributed by atoms with Gasteiger partial charge in [-0.1, -0.05) is 12.2 Å². The maximum atomic E-state index is 13.5. The number of anilines is 1. The number of benzene rings is 1. The molecule has 1 unspecified atom stereocenters. The highest BCUT2D eigenvalue weighted by atomic mass is 19.1. The summed E-state index contributed by atoms with van der Waals surface area (Å²) in [5.41, 5.74) is -1.30. The third kappa shape index (κ3) is 1.67. The van der Waals surface area contributed by atoms with Gasteiger partial charge in [0.15, 0.2) is 0 Å². The average molecular weight is 289 g/mol. The Balaban J connectivity index is 2.20. The summed E-state index contributed by atoms with van der Waals surface area (Å²) in [6.45, 7) is 2.03. The number of carbonyl (C=O) groups is 3. The second kappa shape index (κ2) is 4.41. The van der Waals surface area contributed by atoms with Crippen LogP contribution in [-0.4, -0.2) is 24.4 Å². The molecule has 0 aromatic heterocycles. The molecule has 0 bridgehead atoms. The average Bonchev–Trinajstić information content (AvgIpc) is 2.86. The lowest BCUT2D eigenvalue weighted by Gasteiger charge is -2.20. The number of hydrogen-bond donors (Lipinski definition) is 2. The van der Waals surface area contributed by atoms with Gasteiger partial charge in [0.2, 0.25) is 5.54 Å². The fourth-order valence-corrected chi connectivity index (χ4v) is 2.66. The lowest BCUT2D eigenvalue weighted by atomic mass is 9.91. The van der Waals surface area contributed by atoms with Gasteiger partial charge < -0.3 is 10.2 Å². The Bertz CT molecular complexity index is 701. The van der Waals surface area contributed by atoms with E-state index in [-0.39, 0.29) is 12.1 Å². The number of rotatable bonds is 2. The van der Waals surface area contributed by atoms with Crippen LogP contribution in [0.4, 0.5) is 14.9 Å². The maximum absolute atomic E-state index is 13.5. The fourth-order valence-electron chi connectivity index (χ4n) is 2.66. The molecule has 108 valence electrons. The second-order valence-corrected chi connectivity index (χ2v) is 4.80. The van der Waals surface area contributed by atoms with Crippen LogP contribution >= 0.6 is 0 Å². The van der Waals surface area contributed by atoms with E-state index in [1.165, 1.54) is 17.0 Å². The Labute approximate surface area is 119 Å². The highest BCUT2D eigenvalue weighted by Crippen LogP contribution is 2.42. The monoisotopic (exact) mass is 289 g/mol. The zero-order valence-corrected chi connectivity index (χ0v) is 11.1. The van der Waals surface area contributed by atoms with Crippen LogP contribution in [0.5, 0.6) is 0 Å². The molecule has 3 rings (SSSR count). The lowest BCUT2D eigenvalue weighted by Crippen LogP contribution is -2.52. The number of amides is 4. The fraction of sp³-hybridized carbons (Fsp3) is 0.214. The van der Waals surface area contributed by atoms with E-state index < -0.39 is 29.2 Å². The third-order valence-corrected chi connectivity index (χ3v) is 3.61. The maximum Gasteiger partial charge on any atom is 0.323 e. The van der Waals surface area contributed by atoms with Gasteiger partial charge in [-0.15, -0.1) is 0 Å². The first kappa shape index (κ1) is 13.3. The summed E-state index contributed by atoms with van der Waals surface area (Å²) in [6.07, 6.45) is 3.49. The molecule has 2 aliphatic rings. The molecule has 1 aromatic carbocycles. The van der Waals surface area contributed by atoms with E-state index in [1.54, 1.807) is 19.1 Å². The lowest BCUT2D eigenvalue weighted by molar-refractivity contribution is -0.133. The van der Waals surface area contributed by atoms with Gasteiger partial charge in [-0.2, -0.15) is 0 Å². The van der Waals surface area contributed by atoms with Crippen LogP contribution in [0, 0.1) is 5.82 Å². The standard InChI is InChI=1S/C14H12FN3O3/c1-2-3-6-18-10-5-4-8(15)7-9(10)14(12(18)20)11(19)16-13(21)17-14/h2-5,7H,6H2,1H3,(H2,16,17,19,21)/b3-2+. The summed E-state index contributed by atoms with van der Waals surface area (Å²) in [5, 5.41) is 4.38. The van der Waals surface area contributed by atoms with Crippen molar-refractivity contribution < 1.29 is 18.8 Å².